The number of carbonyl (C=O) groups excluding carboxylic acids is 2. The minimum atomic E-state index is -1.01. The highest BCUT2D eigenvalue weighted by molar-refractivity contribution is 5.88. The number of alkyl carbamates (subject to hydrolysis) is 1. The fourth-order valence-electron chi connectivity index (χ4n) is 5.39. The number of nitrogens with zero attached hydrogens (tertiary/aromatic N) is 1. The van der Waals surface area contributed by atoms with Crippen molar-refractivity contribution in [1.82, 2.24) is 10.2 Å². The molecule has 2 aromatic carbocycles. The quantitative estimate of drug-likeness (QED) is 0.704. The molecule has 2 aliphatic heterocycles. The largest absolute Gasteiger partial charge is 0.480 e. The molecule has 8 nitrogen and oxygen atoms in total. The molecule has 3 atom stereocenters. The van der Waals surface area contributed by atoms with E-state index in [1.807, 2.05) is 24.3 Å². The van der Waals surface area contributed by atoms with Gasteiger partial charge in [0, 0.05) is 19.1 Å². The third-order valence-corrected chi connectivity index (χ3v) is 7.05. The SMILES string of the molecule is O=C(N[C@H]1CCO[C@H]1C(=O)N1CCCC[C@H]1C(=O)O)OCC1c2ccccc2-c2ccccc21. The first kappa shape index (κ1) is 22.4. The molecule has 2 saturated heterocycles. The lowest BCUT2D eigenvalue weighted by Gasteiger charge is -2.35. The van der Waals surface area contributed by atoms with Crippen molar-refractivity contribution in [3.63, 3.8) is 0 Å². The van der Waals surface area contributed by atoms with E-state index >= 15 is 0 Å². The molecule has 3 aliphatic rings. The van der Waals surface area contributed by atoms with Gasteiger partial charge >= 0.3 is 12.1 Å². The summed E-state index contributed by atoms with van der Waals surface area (Å²) in [6.07, 6.45) is 0.911. The Kier molecular flexibility index (Phi) is 6.24. The monoisotopic (exact) mass is 464 g/mol. The minimum Gasteiger partial charge on any atom is -0.480 e. The van der Waals surface area contributed by atoms with Gasteiger partial charge in [0.25, 0.3) is 5.91 Å². The lowest BCUT2D eigenvalue weighted by Crippen LogP contribution is -2.55. The van der Waals surface area contributed by atoms with Gasteiger partial charge in [-0.1, -0.05) is 48.5 Å². The Morgan fingerprint density at radius 3 is 2.35 bits per heavy atom. The summed E-state index contributed by atoms with van der Waals surface area (Å²) in [5.41, 5.74) is 4.55. The molecule has 0 spiro atoms. The van der Waals surface area contributed by atoms with Crippen molar-refractivity contribution in [1.29, 1.82) is 0 Å². The number of amides is 2. The third kappa shape index (κ3) is 4.14. The van der Waals surface area contributed by atoms with E-state index in [0.29, 0.717) is 26.0 Å². The molecule has 0 radical (unpaired) electrons. The fraction of sp³-hybridized carbons (Fsp3) is 0.423. The Bertz CT molecular complexity index is 1060. The molecule has 0 aromatic heterocycles. The topological polar surface area (TPSA) is 105 Å². The van der Waals surface area contributed by atoms with Crippen LogP contribution >= 0.6 is 0 Å². The first-order valence-electron chi connectivity index (χ1n) is 11.8. The highest BCUT2D eigenvalue weighted by Crippen LogP contribution is 2.44. The fourth-order valence-corrected chi connectivity index (χ4v) is 5.39. The van der Waals surface area contributed by atoms with E-state index in [2.05, 4.69) is 29.6 Å². The predicted octanol–water partition coefficient (Wildman–Crippen LogP) is 3.15. The minimum absolute atomic E-state index is 0.0555. The average molecular weight is 465 g/mol. The summed E-state index contributed by atoms with van der Waals surface area (Å²) >= 11 is 0. The number of fused-ring (bicyclic) bond motifs is 3. The number of carboxylic acids is 1. The number of carboxylic acid groups (broad SMARTS) is 1. The van der Waals surface area contributed by atoms with Crippen molar-refractivity contribution < 1.29 is 29.0 Å². The maximum absolute atomic E-state index is 13.1. The van der Waals surface area contributed by atoms with Crippen molar-refractivity contribution in [2.75, 3.05) is 19.8 Å². The zero-order valence-corrected chi connectivity index (χ0v) is 18.8. The second-order valence-corrected chi connectivity index (χ2v) is 9.04. The Morgan fingerprint density at radius 1 is 1.00 bits per heavy atom. The molecule has 2 N–H and O–H groups in total. The highest BCUT2D eigenvalue weighted by Gasteiger charge is 2.42. The number of benzene rings is 2. The number of rotatable bonds is 5. The summed E-state index contributed by atoms with van der Waals surface area (Å²) in [6, 6.07) is 14.8. The van der Waals surface area contributed by atoms with E-state index in [1.165, 1.54) is 4.90 Å². The van der Waals surface area contributed by atoms with Gasteiger partial charge in [-0.15, -0.1) is 0 Å². The molecule has 5 rings (SSSR count). The van der Waals surface area contributed by atoms with Gasteiger partial charge in [-0.3, -0.25) is 4.79 Å². The Labute approximate surface area is 197 Å². The maximum atomic E-state index is 13.1. The first-order chi connectivity index (χ1) is 16.5. The Morgan fingerprint density at radius 2 is 1.68 bits per heavy atom. The number of piperidine rings is 1. The second kappa shape index (κ2) is 9.46. The molecular weight excluding hydrogens is 436 g/mol. The van der Waals surface area contributed by atoms with E-state index < -0.39 is 30.3 Å². The molecule has 2 fully saturated rings. The van der Waals surface area contributed by atoms with E-state index in [-0.39, 0.29) is 18.4 Å². The number of ether oxygens (including phenoxy) is 2. The Hall–Kier alpha value is -3.39. The van der Waals surface area contributed by atoms with Crippen molar-refractivity contribution in [3.8, 4) is 11.1 Å². The molecular formula is C26H28N2O6. The zero-order valence-electron chi connectivity index (χ0n) is 18.8. The molecule has 2 aromatic rings. The number of carbonyl (C=O) groups is 3. The zero-order chi connectivity index (χ0) is 23.7. The second-order valence-electron chi connectivity index (χ2n) is 9.04. The van der Waals surface area contributed by atoms with E-state index in [1.54, 1.807) is 0 Å². The van der Waals surface area contributed by atoms with E-state index in [0.717, 1.165) is 35.1 Å². The molecule has 2 heterocycles. The molecule has 8 heteroatoms. The molecule has 0 unspecified atom stereocenters. The summed E-state index contributed by atoms with van der Waals surface area (Å²) in [6.45, 7) is 0.878. The summed E-state index contributed by atoms with van der Waals surface area (Å²) in [5.74, 6) is -1.44. The van der Waals surface area contributed by atoms with Gasteiger partial charge in [0.15, 0.2) is 6.10 Å². The lowest BCUT2D eigenvalue weighted by atomic mass is 9.98. The van der Waals surface area contributed by atoms with Gasteiger partial charge in [-0.05, 0) is 47.9 Å². The van der Waals surface area contributed by atoms with E-state index in [9.17, 15) is 19.5 Å². The van der Waals surface area contributed by atoms with E-state index in [4.69, 9.17) is 9.47 Å². The first-order valence-corrected chi connectivity index (χ1v) is 11.8. The summed E-state index contributed by atoms with van der Waals surface area (Å²) in [5, 5.41) is 12.3. The van der Waals surface area contributed by atoms with Crippen LogP contribution in [0.3, 0.4) is 0 Å². The standard InChI is InChI=1S/C26H28N2O6/c29-24(28-13-6-5-11-22(28)25(30)31)23-21(12-14-33-23)27-26(32)34-15-20-18-9-3-1-7-16(18)17-8-2-4-10-19(17)20/h1-4,7-10,20-23H,5-6,11-15H2,(H,27,32)(H,30,31)/t21-,22-,23+/m0/s1. The van der Waals surface area contributed by atoms with Crippen LogP contribution in [0.4, 0.5) is 4.79 Å². The van der Waals surface area contributed by atoms with Crippen molar-refractivity contribution in [3.05, 3.63) is 59.7 Å². The molecule has 2 amide bonds. The number of hydrogen-bond acceptors (Lipinski definition) is 5. The summed E-state index contributed by atoms with van der Waals surface area (Å²) in [4.78, 5) is 38.8. The van der Waals surface area contributed by atoms with Gasteiger partial charge in [0.1, 0.15) is 12.6 Å². The van der Waals surface area contributed by atoms with Crippen LogP contribution in [-0.2, 0) is 19.1 Å². The van der Waals surface area contributed by atoms with Crippen LogP contribution in [0.2, 0.25) is 0 Å². The van der Waals surface area contributed by atoms with Crippen LogP contribution < -0.4 is 5.32 Å². The van der Waals surface area contributed by atoms with Gasteiger partial charge in [-0.2, -0.15) is 0 Å². The molecule has 34 heavy (non-hydrogen) atoms. The predicted molar refractivity (Wildman–Crippen MR) is 123 cm³/mol. The smallest absolute Gasteiger partial charge is 0.407 e. The third-order valence-electron chi connectivity index (χ3n) is 7.05. The average Bonchev–Trinajstić information content (AvgIpc) is 3.44. The van der Waals surface area contributed by atoms with Crippen LogP contribution in [0.15, 0.2) is 48.5 Å². The maximum Gasteiger partial charge on any atom is 0.407 e. The molecule has 0 bridgehead atoms. The molecule has 1 aliphatic carbocycles. The Balaban J connectivity index is 1.23. The molecule has 178 valence electrons. The van der Waals surface area contributed by atoms with Crippen molar-refractivity contribution in [2.24, 2.45) is 0 Å². The van der Waals surface area contributed by atoms with Crippen LogP contribution in [0, 0.1) is 0 Å². The summed E-state index contributed by atoms with van der Waals surface area (Å²) in [7, 11) is 0. The number of nitrogens with one attached hydrogen (secondary N) is 1. The summed E-state index contributed by atoms with van der Waals surface area (Å²) < 4.78 is 11.2. The number of hydrogen-bond donors (Lipinski definition) is 2. The van der Waals surface area contributed by atoms with Gasteiger partial charge in [-0.25, -0.2) is 9.59 Å². The van der Waals surface area contributed by atoms with Crippen molar-refractivity contribution in [2.45, 2.75) is 49.8 Å². The van der Waals surface area contributed by atoms with Crippen LogP contribution in [-0.4, -0.2) is 65.9 Å². The highest BCUT2D eigenvalue weighted by atomic mass is 16.6. The van der Waals surface area contributed by atoms with Crippen LogP contribution in [0.1, 0.15) is 42.7 Å². The lowest BCUT2D eigenvalue weighted by molar-refractivity contribution is -0.157. The molecule has 0 saturated carbocycles. The number of aliphatic carboxylic acids is 1. The van der Waals surface area contributed by atoms with Crippen molar-refractivity contribution >= 4 is 18.0 Å². The van der Waals surface area contributed by atoms with Gasteiger partial charge in [0.2, 0.25) is 0 Å². The van der Waals surface area contributed by atoms with Gasteiger partial charge in [0.05, 0.1) is 6.04 Å². The van der Waals surface area contributed by atoms with Gasteiger partial charge < -0.3 is 24.8 Å². The van der Waals surface area contributed by atoms with Crippen LogP contribution in [0.25, 0.3) is 11.1 Å². The van der Waals surface area contributed by atoms with Crippen LogP contribution in [0.5, 0.6) is 0 Å². The normalized spacial score (nSPS) is 23.8. The number of likely N-dealkylation sites (tertiary alicyclic amines) is 1.